The van der Waals surface area contributed by atoms with Crippen LogP contribution < -0.4 is 10.1 Å². The third kappa shape index (κ3) is 4.23. The summed E-state index contributed by atoms with van der Waals surface area (Å²) in [5.41, 5.74) is 0.187. The van der Waals surface area contributed by atoms with Gasteiger partial charge in [0.2, 0.25) is 5.91 Å². The Morgan fingerprint density at radius 1 is 1.28 bits per heavy atom. The number of hydrogen-bond acceptors (Lipinski definition) is 6. The summed E-state index contributed by atoms with van der Waals surface area (Å²) < 4.78 is 25.9. The Balaban J connectivity index is 1.22. The number of likely N-dealkylation sites (tertiary alicyclic amines) is 1. The summed E-state index contributed by atoms with van der Waals surface area (Å²) in [6.45, 7) is 1.34. The van der Waals surface area contributed by atoms with Crippen molar-refractivity contribution in [3.8, 4) is 5.75 Å². The van der Waals surface area contributed by atoms with Crippen molar-refractivity contribution in [2.75, 3.05) is 31.6 Å². The third-order valence-electron chi connectivity index (χ3n) is 6.68. The van der Waals surface area contributed by atoms with Gasteiger partial charge in [-0.1, -0.05) is 18.2 Å². The average molecular weight is 442 g/mol. The second-order valence-corrected chi connectivity index (χ2v) is 9.08. The molecule has 1 amide bonds. The molecule has 1 aliphatic carbocycles. The summed E-state index contributed by atoms with van der Waals surface area (Å²) >= 11 is 0. The molecule has 2 fully saturated rings. The number of aliphatic hydroxyl groups is 2. The van der Waals surface area contributed by atoms with Gasteiger partial charge in [-0.2, -0.15) is 0 Å². The van der Waals surface area contributed by atoms with Crippen LogP contribution in [0.25, 0.3) is 0 Å². The smallest absolute Gasteiger partial charge is 0.250 e. The number of fused-ring (bicyclic) bond motifs is 2. The van der Waals surface area contributed by atoms with Gasteiger partial charge in [0, 0.05) is 37.5 Å². The zero-order valence-corrected chi connectivity index (χ0v) is 17.7. The molecular formula is C24H27FN2O5. The Kier molecular flexibility index (Phi) is 5.63. The van der Waals surface area contributed by atoms with Gasteiger partial charge in [-0.05, 0) is 36.2 Å². The minimum atomic E-state index is -0.924. The standard InChI is InChI=1S/C24H27FN2O5/c25-20-7-15(6-16-12-31-13-22(29)26-23(16)20)21(28)11-27-10-17-8-19(9-24(17,30)14-27)32-18-4-2-1-3-5-18/h1-7,17,19,21,28,30H,8-14H2,(H,26,29)/t17-,19+,21?,24-/m1/s1. The van der Waals surface area contributed by atoms with Gasteiger partial charge < -0.3 is 25.0 Å². The average Bonchev–Trinajstić information content (AvgIpc) is 3.11. The van der Waals surface area contributed by atoms with Gasteiger partial charge in [0.15, 0.2) is 0 Å². The summed E-state index contributed by atoms with van der Waals surface area (Å²) in [5.74, 6) is -0.120. The van der Waals surface area contributed by atoms with E-state index in [1.54, 1.807) is 6.07 Å². The van der Waals surface area contributed by atoms with Crippen molar-refractivity contribution in [1.82, 2.24) is 4.90 Å². The van der Waals surface area contributed by atoms with Crippen molar-refractivity contribution in [3.05, 3.63) is 59.4 Å². The monoisotopic (exact) mass is 442 g/mol. The largest absolute Gasteiger partial charge is 0.490 e. The number of benzene rings is 2. The van der Waals surface area contributed by atoms with Crippen molar-refractivity contribution in [1.29, 1.82) is 0 Å². The number of aliphatic hydroxyl groups excluding tert-OH is 1. The summed E-state index contributed by atoms with van der Waals surface area (Å²) in [6, 6.07) is 12.5. The molecule has 0 aromatic heterocycles. The lowest BCUT2D eigenvalue weighted by Gasteiger charge is -2.25. The summed E-state index contributed by atoms with van der Waals surface area (Å²) in [5, 5.41) is 24.5. The van der Waals surface area contributed by atoms with E-state index in [4.69, 9.17) is 9.47 Å². The number of rotatable bonds is 5. The van der Waals surface area contributed by atoms with Crippen LogP contribution in [0.3, 0.4) is 0 Å². The number of anilines is 1. The quantitative estimate of drug-likeness (QED) is 0.658. The number of carbonyl (C=O) groups excluding carboxylic acids is 1. The molecule has 8 heteroatoms. The number of para-hydroxylation sites is 1. The lowest BCUT2D eigenvalue weighted by molar-refractivity contribution is -0.120. The molecule has 2 heterocycles. The second-order valence-electron chi connectivity index (χ2n) is 9.08. The Morgan fingerprint density at radius 2 is 2.09 bits per heavy atom. The number of carbonyl (C=O) groups is 1. The molecule has 0 radical (unpaired) electrons. The van der Waals surface area contributed by atoms with Crippen LogP contribution in [-0.4, -0.2) is 59.0 Å². The van der Waals surface area contributed by atoms with Crippen molar-refractivity contribution in [2.24, 2.45) is 5.92 Å². The Bertz CT molecular complexity index is 1000. The Morgan fingerprint density at radius 3 is 2.88 bits per heavy atom. The fraction of sp³-hybridized carbons (Fsp3) is 0.458. The lowest BCUT2D eigenvalue weighted by atomic mass is 9.95. The first-order valence-electron chi connectivity index (χ1n) is 10.9. The fourth-order valence-electron chi connectivity index (χ4n) is 5.22. The van der Waals surface area contributed by atoms with Crippen LogP contribution in [0.4, 0.5) is 10.1 Å². The highest BCUT2D eigenvalue weighted by atomic mass is 19.1. The molecule has 5 rings (SSSR count). The van der Waals surface area contributed by atoms with E-state index in [0.717, 1.165) is 12.2 Å². The molecule has 0 spiro atoms. The van der Waals surface area contributed by atoms with Gasteiger partial charge in [-0.3, -0.25) is 9.69 Å². The molecule has 2 aromatic carbocycles. The summed E-state index contributed by atoms with van der Waals surface area (Å²) in [6.07, 6.45) is 0.340. The molecule has 4 atom stereocenters. The minimum absolute atomic E-state index is 0.0339. The van der Waals surface area contributed by atoms with E-state index >= 15 is 0 Å². The molecule has 3 N–H and O–H groups in total. The molecule has 3 aliphatic rings. The van der Waals surface area contributed by atoms with Crippen molar-refractivity contribution < 1.29 is 28.9 Å². The van der Waals surface area contributed by atoms with E-state index in [1.807, 2.05) is 35.2 Å². The van der Waals surface area contributed by atoms with Crippen LogP contribution in [0.5, 0.6) is 5.75 Å². The van der Waals surface area contributed by atoms with E-state index in [0.29, 0.717) is 30.6 Å². The van der Waals surface area contributed by atoms with Crippen LogP contribution in [0, 0.1) is 11.7 Å². The Labute approximate surface area is 185 Å². The lowest BCUT2D eigenvalue weighted by Crippen LogP contribution is -2.36. The highest BCUT2D eigenvalue weighted by Gasteiger charge is 2.52. The molecule has 7 nitrogen and oxygen atoms in total. The van der Waals surface area contributed by atoms with E-state index in [-0.39, 0.29) is 37.5 Å². The molecule has 32 heavy (non-hydrogen) atoms. The van der Waals surface area contributed by atoms with E-state index in [9.17, 15) is 19.4 Å². The molecule has 1 saturated heterocycles. The van der Waals surface area contributed by atoms with Gasteiger partial charge in [-0.25, -0.2) is 4.39 Å². The van der Waals surface area contributed by atoms with Crippen LogP contribution in [0.15, 0.2) is 42.5 Å². The highest BCUT2D eigenvalue weighted by molar-refractivity contribution is 5.93. The summed E-state index contributed by atoms with van der Waals surface area (Å²) in [7, 11) is 0. The number of halogens is 1. The number of hydrogen-bond donors (Lipinski definition) is 3. The van der Waals surface area contributed by atoms with Crippen molar-refractivity contribution in [3.63, 3.8) is 0 Å². The molecule has 1 saturated carbocycles. The van der Waals surface area contributed by atoms with E-state index in [2.05, 4.69) is 5.32 Å². The zero-order valence-electron chi connectivity index (χ0n) is 17.7. The van der Waals surface area contributed by atoms with Crippen LogP contribution >= 0.6 is 0 Å². The topological polar surface area (TPSA) is 91.3 Å². The number of ether oxygens (including phenoxy) is 2. The van der Waals surface area contributed by atoms with E-state index in [1.165, 1.54) is 6.07 Å². The molecule has 170 valence electrons. The first kappa shape index (κ1) is 21.3. The first-order valence-corrected chi connectivity index (χ1v) is 10.9. The maximum absolute atomic E-state index is 14.6. The highest BCUT2D eigenvalue weighted by Crippen LogP contribution is 2.43. The molecule has 0 bridgehead atoms. The van der Waals surface area contributed by atoms with Gasteiger partial charge in [0.1, 0.15) is 24.3 Å². The van der Waals surface area contributed by atoms with Gasteiger partial charge in [0.05, 0.1) is 24.0 Å². The Hall–Kier alpha value is -2.52. The second kappa shape index (κ2) is 8.44. The van der Waals surface area contributed by atoms with Crippen LogP contribution in [0.1, 0.15) is 30.1 Å². The van der Waals surface area contributed by atoms with Gasteiger partial charge in [0.25, 0.3) is 0 Å². The third-order valence-corrected chi connectivity index (χ3v) is 6.68. The number of nitrogens with one attached hydrogen (secondary N) is 1. The van der Waals surface area contributed by atoms with Gasteiger partial charge in [-0.15, -0.1) is 0 Å². The SMILES string of the molecule is O=C1COCc2cc(C(O)CN3C[C@H]4C[C@H](Oc5ccccc5)C[C@@]4(O)C3)cc(F)c2N1. The number of β-amino-alcohol motifs (C(OH)–C–C–N with tert-alkyl or cyclic N) is 2. The first-order chi connectivity index (χ1) is 15.4. The zero-order chi connectivity index (χ0) is 22.3. The summed E-state index contributed by atoms with van der Waals surface area (Å²) in [4.78, 5) is 13.6. The maximum atomic E-state index is 14.6. The van der Waals surface area contributed by atoms with Crippen LogP contribution in [-0.2, 0) is 16.1 Å². The number of nitrogens with zero attached hydrogens (tertiary/aromatic N) is 1. The predicted octanol–water partition coefficient (Wildman–Crippen LogP) is 2.23. The normalized spacial score (nSPS) is 28.5. The molecular weight excluding hydrogens is 415 g/mol. The minimum Gasteiger partial charge on any atom is -0.490 e. The maximum Gasteiger partial charge on any atom is 0.250 e. The van der Waals surface area contributed by atoms with Crippen molar-refractivity contribution in [2.45, 2.75) is 37.3 Å². The molecule has 2 aliphatic heterocycles. The predicted molar refractivity (Wildman–Crippen MR) is 115 cm³/mol. The van der Waals surface area contributed by atoms with E-state index < -0.39 is 23.4 Å². The fourth-order valence-corrected chi connectivity index (χ4v) is 5.22. The van der Waals surface area contributed by atoms with Crippen molar-refractivity contribution >= 4 is 11.6 Å². The molecule has 1 unspecified atom stereocenters. The molecule has 2 aromatic rings. The number of amides is 1. The van der Waals surface area contributed by atoms with Crippen LogP contribution in [0.2, 0.25) is 0 Å². The van der Waals surface area contributed by atoms with Gasteiger partial charge >= 0.3 is 0 Å².